The first-order chi connectivity index (χ1) is 8.84. The minimum atomic E-state index is -0.384. The Morgan fingerprint density at radius 1 is 1.37 bits per heavy atom. The van der Waals surface area contributed by atoms with Crippen molar-refractivity contribution < 1.29 is 14.6 Å². The summed E-state index contributed by atoms with van der Waals surface area (Å²) in [4.78, 5) is 10.7. The molecule has 0 saturated carbocycles. The Morgan fingerprint density at radius 3 is 2.63 bits per heavy atom. The Labute approximate surface area is 113 Å². The van der Waals surface area contributed by atoms with Crippen LogP contribution in [0, 0.1) is 5.92 Å². The van der Waals surface area contributed by atoms with Crippen molar-refractivity contribution in [3.63, 3.8) is 0 Å². The van der Waals surface area contributed by atoms with Crippen molar-refractivity contribution in [3.05, 3.63) is 29.3 Å². The Bertz CT molecular complexity index is 539. The van der Waals surface area contributed by atoms with Crippen LogP contribution in [0.1, 0.15) is 38.8 Å². The molecule has 0 radical (unpaired) electrons. The lowest BCUT2D eigenvalue weighted by atomic mass is 9.87. The normalized spacial score (nSPS) is 16.6. The molecular formula is C16H20O3. The third kappa shape index (κ3) is 2.65. The summed E-state index contributed by atoms with van der Waals surface area (Å²) in [5.41, 5.74) is 2.43. The van der Waals surface area contributed by atoms with E-state index in [1.807, 2.05) is 19.9 Å². The highest BCUT2D eigenvalue weighted by Gasteiger charge is 2.28. The number of hydrogen-bond acceptors (Lipinski definition) is 3. The van der Waals surface area contributed by atoms with Gasteiger partial charge in [0.2, 0.25) is 0 Å². The van der Waals surface area contributed by atoms with E-state index in [4.69, 9.17) is 4.74 Å². The van der Waals surface area contributed by atoms with Crippen molar-refractivity contribution in [1.29, 1.82) is 0 Å². The first-order valence-electron chi connectivity index (χ1n) is 6.55. The van der Waals surface area contributed by atoms with Crippen LogP contribution in [0.3, 0.4) is 0 Å². The van der Waals surface area contributed by atoms with E-state index in [1.54, 1.807) is 6.07 Å². The van der Waals surface area contributed by atoms with E-state index in [-0.39, 0.29) is 17.8 Å². The van der Waals surface area contributed by atoms with E-state index in [0.29, 0.717) is 17.2 Å². The second-order valence-electron chi connectivity index (χ2n) is 5.81. The standard InChI is InChI=1S/C16H20O3/c1-10(2)13-9-16(3,4)19-15-8-14(18)11(5-6-17)7-12(13)15/h6-10,18H,5H2,1-4H3. The van der Waals surface area contributed by atoms with Crippen molar-refractivity contribution in [2.45, 2.75) is 39.7 Å². The van der Waals surface area contributed by atoms with Crippen LogP contribution in [0.5, 0.6) is 11.5 Å². The highest BCUT2D eigenvalue weighted by molar-refractivity contribution is 5.76. The number of benzene rings is 1. The molecule has 1 aliphatic heterocycles. The van der Waals surface area contributed by atoms with Crippen molar-refractivity contribution in [2.75, 3.05) is 0 Å². The Balaban J connectivity index is 2.59. The minimum Gasteiger partial charge on any atom is -0.508 e. The number of hydrogen-bond donors (Lipinski definition) is 1. The average Bonchev–Trinajstić information content (AvgIpc) is 2.29. The molecule has 0 bridgehead atoms. The molecule has 1 aromatic carbocycles. The topological polar surface area (TPSA) is 46.5 Å². The van der Waals surface area contributed by atoms with Gasteiger partial charge in [-0.1, -0.05) is 13.8 Å². The fourth-order valence-electron chi connectivity index (χ4n) is 2.42. The molecule has 3 nitrogen and oxygen atoms in total. The molecule has 0 amide bonds. The van der Waals surface area contributed by atoms with Crippen LogP contribution in [-0.2, 0) is 11.2 Å². The zero-order valence-corrected chi connectivity index (χ0v) is 11.9. The number of ether oxygens (including phenoxy) is 1. The second-order valence-corrected chi connectivity index (χ2v) is 5.81. The van der Waals surface area contributed by atoms with Crippen LogP contribution in [-0.4, -0.2) is 17.0 Å². The van der Waals surface area contributed by atoms with Crippen molar-refractivity contribution in [3.8, 4) is 11.5 Å². The van der Waals surface area contributed by atoms with Crippen molar-refractivity contribution >= 4 is 11.9 Å². The number of phenolic OH excluding ortho intramolecular Hbond substituents is 1. The largest absolute Gasteiger partial charge is 0.508 e. The number of carbonyl (C=O) groups is 1. The van der Waals surface area contributed by atoms with Gasteiger partial charge in [0, 0.05) is 23.6 Å². The molecule has 2 rings (SSSR count). The molecule has 1 heterocycles. The van der Waals surface area contributed by atoms with Gasteiger partial charge >= 0.3 is 0 Å². The summed E-state index contributed by atoms with van der Waals surface area (Å²) in [5, 5.41) is 9.93. The summed E-state index contributed by atoms with van der Waals surface area (Å²) in [5.74, 6) is 1.16. The van der Waals surface area contributed by atoms with Crippen molar-refractivity contribution in [1.82, 2.24) is 0 Å². The van der Waals surface area contributed by atoms with Gasteiger partial charge in [-0.3, -0.25) is 0 Å². The van der Waals surface area contributed by atoms with Crippen molar-refractivity contribution in [2.24, 2.45) is 5.92 Å². The first kappa shape index (κ1) is 13.7. The molecule has 1 N–H and O–H groups in total. The highest BCUT2D eigenvalue weighted by Crippen LogP contribution is 2.42. The monoisotopic (exact) mass is 260 g/mol. The number of carbonyl (C=O) groups excluding carboxylic acids is 1. The number of aldehydes is 1. The lowest BCUT2D eigenvalue weighted by molar-refractivity contribution is -0.107. The maximum Gasteiger partial charge on any atom is 0.131 e. The smallest absolute Gasteiger partial charge is 0.131 e. The van der Waals surface area contributed by atoms with Gasteiger partial charge in [0.25, 0.3) is 0 Å². The van der Waals surface area contributed by atoms with Gasteiger partial charge in [0.1, 0.15) is 23.4 Å². The van der Waals surface area contributed by atoms with E-state index >= 15 is 0 Å². The lowest BCUT2D eigenvalue weighted by Gasteiger charge is -2.33. The van der Waals surface area contributed by atoms with Crippen LogP contribution >= 0.6 is 0 Å². The summed E-state index contributed by atoms with van der Waals surface area (Å²) < 4.78 is 5.89. The molecule has 0 fully saturated rings. The molecule has 102 valence electrons. The Kier molecular flexibility index (Phi) is 3.40. The third-order valence-corrected chi connectivity index (χ3v) is 3.29. The molecule has 1 aliphatic rings. The zero-order chi connectivity index (χ0) is 14.2. The van der Waals surface area contributed by atoms with Gasteiger partial charge in [0.05, 0.1) is 0 Å². The van der Waals surface area contributed by atoms with E-state index in [1.165, 1.54) is 5.57 Å². The van der Waals surface area contributed by atoms with Gasteiger partial charge < -0.3 is 14.6 Å². The van der Waals surface area contributed by atoms with E-state index in [9.17, 15) is 9.90 Å². The Morgan fingerprint density at radius 2 is 2.05 bits per heavy atom. The number of aromatic hydroxyl groups is 1. The number of fused-ring (bicyclic) bond motifs is 1. The number of allylic oxidation sites excluding steroid dienone is 1. The zero-order valence-electron chi connectivity index (χ0n) is 11.9. The summed E-state index contributed by atoms with van der Waals surface area (Å²) in [6.07, 6.45) is 3.13. The van der Waals surface area contributed by atoms with Crippen LogP contribution in [0.15, 0.2) is 18.2 Å². The minimum absolute atomic E-state index is 0.117. The van der Waals surface area contributed by atoms with Gasteiger partial charge in [-0.25, -0.2) is 0 Å². The van der Waals surface area contributed by atoms with Gasteiger partial charge in [0.15, 0.2) is 0 Å². The third-order valence-electron chi connectivity index (χ3n) is 3.29. The molecule has 0 atom stereocenters. The van der Waals surface area contributed by atoms with E-state index in [0.717, 1.165) is 11.8 Å². The lowest BCUT2D eigenvalue weighted by Crippen LogP contribution is -2.29. The molecule has 19 heavy (non-hydrogen) atoms. The van der Waals surface area contributed by atoms with Crippen LogP contribution < -0.4 is 4.74 Å². The molecule has 0 aromatic heterocycles. The summed E-state index contributed by atoms with van der Waals surface area (Å²) >= 11 is 0. The fourth-order valence-corrected chi connectivity index (χ4v) is 2.42. The van der Waals surface area contributed by atoms with Crippen LogP contribution in [0.4, 0.5) is 0 Å². The van der Waals surface area contributed by atoms with Gasteiger partial charge in [-0.15, -0.1) is 0 Å². The maximum absolute atomic E-state index is 10.7. The maximum atomic E-state index is 10.7. The highest BCUT2D eigenvalue weighted by atomic mass is 16.5. The molecular weight excluding hydrogens is 240 g/mol. The molecule has 0 saturated heterocycles. The Hall–Kier alpha value is -1.77. The molecule has 0 unspecified atom stereocenters. The van der Waals surface area contributed by atoms with Gasteiger partial charge in [-0.2, -0.15) is 0 Å². The SMILES string of the molecule is CC(C)C1=CC(C)(C)Oc2cc(O)c(CC=O)cc21. The van der Waals surface area contributed by atoms with Gasteiger partial charge in [-0.05, 0) is 37.5 Å². The summed E-state index contributed by atoms with van der Waals surface area (Å²) in [6, 6.07) is 3.48. The summed E-state index contributed by atoms with van der Waals surface area (Å²) in [6.45, 7) is 8.25. The fraction of sp³-hybridized carbons (Fsp3) is 0.438. The number of phenols is 1. The van der Waals surface area contributed by atoms with E-state index < -0.39 is 0 Å². The molecule has 3 heteroatoms. The molecule has 0 aliphatic carbocycles. The van der Waals surface area contributed by atoms with Crippen LogP contribution in [0.25, 0.3) is 5.57 Å². The van der Waals surface area contributed by atoms with Crippen LogP contribution in [0.2, 0.25) is 0 Å². The average molecular weight is 260 g/mol. The second kappa shape index (κ2) is 4.72. The molecule has 0 spiro atoms. The first-order valence-corrected chi connectivity index (χ1v) is 6.55. The predicted molar refractivity (Wildman–Crippen MR) is 75.4 cm³/mol. The number of rotatable bonds is 3. The quantitative estimate of drug-likeness (QED) is 0.848. The van der Waals surface area contributed by atoms with E-state index in [2.05, 4.69) is 19.9 Å². The predicted octanol–water partition coefficient (Wildman–Crippen LogP) is 3.34. The summed E-state index contributed by atoms with van der Waals surface area (Å²) in [7, 11) is 0. The molecule has 1 aromatic rings.